The number of hydrogen-bond acceptors (Lipinski definition) is 6. The highest BCUT2D eigenvalue weighted by Crippen LogP contribution is 2.46. The zero-order chi connectivity index (χ0) is 41.9. The fraction of sp³-hybridized carbons (Fsp3) is 0. The maximum Gasteiger partial charge on any atom is 0.159 e. The Morgan fingerprint density at radius 3 is 1.09 bits per heavy atom. The second-order valence-electron chi connectivity index (χ2n) is 16.5. The fourth-order valence-corrected chi connectivity index (χ4v) is 9.87. The quantitative estimate of drug-likeness (QED) is 0.166. The number of furan rings is 4. The Morgan fingerprint density at radius 2 is 0.625 bits per heavy atom. The smallest absolute Gasteiger partial charge is 0.159 e. The molecule has 14 aromatic rings. The lowest BCUT2D eigenvalue weighted by atomic mass is 10.0. The average Bonchev–Trinajstić information content (AvgIpc) is 4.11. The maximum absolute atomic E-state index is 6.63. The van der Waals surface area contributed by atoms with Gasteiger partial charge in [-0.15, -0.1) is 0 Å². The minimum atomic E-state index is 0.822. The van der Waals surface area contributed by atoms with Crippen molar-refractivity contribution in [2.24, 2.45) is 0 Å². The van der Waals surface area contributed by atoms with Crippen molar-refractivity contribution in [2.75, 3.05) is 9.80 Å². The molecule has 4 aromatic heterocycles. The molecule has 0 atom stereocenters. The first-order chi connectivity index (χ1) is 31.7. The summed E-state index contributed by atoms with van der Waals surface area (Å²) in [4.78, 5) is 4.54. The normalized spacial score (nSPS) is 12.1. The van der Waals surface area contributed by atoms with E-state index in [2.05, 4.69) is 180 Å². The molecule has 10 aromatic carbocycles. The van der Waals surface area contributed by atoms with Crippen molar-refractivity contribution in [1.29, 1.82) is 0 Å². The maximum atomic E-state index is 6.63. The van der Waals surface area contributed by atoms with Crippen molar-refractivity contribution in [3.05, 3.63) is 206 Å². The second kappa shape index (κ2) is 13.4. The van der Waals surface area contributed by atoms with Crippen molar-refractivity contribution in [2.45, 2.75) is 0 Å². The van der Waals surface area contributed by atoms with Gasteiger partial charge in [-0.1, -0.05) is 97.1 Å². The molecule has 0 unspecified atom stereocenters. The summed E-state index contributed by atoms with van der Waals surface area (Å²) in [6.07, 6.45) is 0. The monoisotopic (exact) mass is 822 g/mol. The van der Waals surface area contributed by atoms with Crippen molar-refractivity contribution in [3.63, 3.8) is 0 Å². The third-order valence-electron chi connectivity index (χ3n) is 12.8. The van der Waals surface area contributed by atoms with Crippen LogP contribution in [0, 0.1) is 0 Å². The molecule has 0 saturated carbocycles. The standard InChI is InChI=1S/C58H34N2O4/c1-3-13-37(14-4-1)59(49-21-11-19-43-41-17-7-9-23-51(41)63-57(43)49)39-25-27-53-47(33-39)45-29-35-32-56-46(30-36(35)31-55(45)61-53)48-34-40(26-28-54(48)62-56)60(38-15-5-2-6-16-38)50-22-12-20-44-42-18-8-10-24-52(42)64-58(44)50/h1-34H. The van der Waals surface area contributed by atoms with E-state index in [4.69, 9.17) is 17.7 Å². The highest BCUT2D eigenvalue weighted by atomic mass is 16.3. The van der Waals surface area contributed by atoms with E-state index in [0.29, 0.717) is 0 Å². The summed E-state index contributed by atoms with van der Waals surface area (Å²) in [6.45, 7) is 0. The molecule has 6 heteroatoms. The first kappa shape index (κ1) is 34.9. The molecule has 0 saturated heterocycles. The van der Waals surface area contributed by atoms with Gasteiger partial charge in [0, 0.05) is 65.8 Å². The molecule has 0 aliphatic carbocycles. The van der Waals surface area contributed by atoms with Crippen LogP contribution in [0.4, 0.5) is 34.1 Å². The first-order valence-corrected chi connectivity index (χ1v) is 21.5. The van der Waals surface area contributed by atoms with Gasteiger partial charge < -0.3 is 27.5 Å². The Labute approximate surface area is 364 Å². The van der Waals surface area contributed by atoms with Gasteiger partial charge in [-0.3, -0.25) is 0 Å². The molecule has 0 aliphatic rings. The Morgan fingerprint density at radius 1 is 0.234 bits per heavy atom. The molecule has 14 rings (SSSR count). The lowest BCUT2D eigenvalue weighted by Crippen LogP contribution is -2.10. The molecule has 0 amide bonds. The molecule has 0 radical (unpaired) electrons. The van der Waals surface area contributed by atoms with Crippen LogP contribution in [-0.4, -0.2) is 0 Å². The number of fused-ring (bicyclic) bond motifs is 13. The third kappa shape index (κ3) is 5.20. The molecule has 0 fully saturated rings. The number of hydrogen-bond donors (Lipinski definition) is 0. The van der Waals surface area contributed by atoms with Crippen LogP contribution in [0.1, 0.15) is 0 Å². The number of nitrogens with zero attached hydrogens (tertiary/aromatic N) is 2. The number of para-hydroxylation sites is 6. The third-order valence-corrected chi connectivity index (χ3v) is 12.8. The van der Waals surface area contributed by atoms with Crippen LogP contribution in [-0.2, 0) is 0 Å². The van der Waals surface area contributed by atoms with Gasteiger partial charge in [-0.25, -0.2) is 0 Å². The van der Waals surface area contributed by atoms with E-state index in [9.17, 15) is 0 Å². The molecule has 300 valence electrons. The largest absolute Gasteiger partial charge is 0.456 e. The number of rotatable bonds is 6. The van der Waals surface area contributed by atoms with E-state index in [1.807, 2.05) is 36.4 Å². The van der Waals surface area contributed by atoms with Gasteiger partial charge in [0.05, 0.1) is 11.4 Å². The summed E-state index contributed by atoms with van der Waals surface area (Å²) in [5.74, 6) is 0. The summed E-state index contributed by atoms with van der Waals surface area (Å²) < 4.78 is 26.4. The van der Waals surface area contributed by atoms with Crippen LogP contribution < -0.4 is 9.80 Å². The minimum Gasteiger partial charge on any atom is -0.456 e. The van der Waals surface area contributed by atoms with Crippen molar-refractivity contribution >= 4 is 133 Å². The first-order valence-electron chi connectivity index (χ1n) is 21.5. The van der Waals surface area contributed by atoms with Gasteiger partial charge in [0.2, 0.25) is 0 Å². The van der Waals surface area contributed by atoms with Crippen LogP contribution in [0.3, 0.4) is 0 Å². The zero-order valence-corrected chi connectivity index (χ0v) is 34.2. The van der Waals surface area contributed by atoms with Crippen LogP contribution in [0.5, 0.6) is 0 Å². The fourth-order valence-electron chi connectivity index (χ4n) is 9.87. The topological polar surface area (TPSA) is 59.0 Å². The SMILES string of the molecule is c1ccc(N(c2ccc3oc4cc5cc6c(cc5cc4c3c2)oc2ccc(N(c3ccccc3)c3cccc4c3oc3ccccc34)cc26)c2cccc3c2oc2ccccc23)cc1. The van der Waals surface area contributed by atoms with Crippen LogP contribution in [0.15, 0.2) is 224 Å². The van der Waals surface area contributed by atoms with Gasteiger partial charge in [-0.05, 0) is 120 Å². The predicted octanol–water partition coefficient (Wildman–Crippen LogP) is 17.4. The second-order valence-corrected chi connectivity index (χ2v) is 16.5. The van der Waals surface area contributed by atoms with Gasteiger partial charge in [0.25, 0.3) is 0 Å². The van der Waals surface area contributed by atoms with Crippen molar-refractivity contribution in [3.8, 4) is 0 Å². The van der Waals surface area contributed by atoms with E-state index in [0.717, 1.165) is 133 Å². The Bertz CT molecular complexity index is 3890. The molecular weight excluding hydrogens is 789 g/mol. The van der Waals surface area contributed by atoms with E-state index in [1.165, 1.54) is 0 Å². The number of anilines is 6. The Hall–Kier alpha value is -8.74. The summed E-state index contributed by atoms with van der Waals surface area (Å²) in [5.41, 5.74) is 12.7. The molecule has 0 N–H and O–H groups in total. The molecule has 0 spiro atoms. The molecular formula is C58H34N2O4. The van der Waals surface area contributed by atoms with Crippen LogP contribution in [0.2, 0.25) is 0 Å². The highest BCUT2D eigenvalue weighted by molar-refractivity contribution is 6.17. The van der Waals surface area contributed by atoms with Gasteiger partial charge in [0.15, 0.2) is 11.2 Å². The van der Waals surface area contributed by atoms with E-state index >= 15 is 0 Å². The van der Waals surface area contributed by atoms with Crippen LogP contribution >= 0.6 is 0 Å². The van der Waals surface area contributed by atoms with Crippen molar-refractivity contribution < 1.29 is 17.7 Å². The van der Waals surface area contributed by atoms with Crippen LogP contribution in [0.25, 0.3) is 98.5 Å². The molecule has 0 aliphatic heterocycles. The van der Waals surface area contributed by atoms with Gasteiger partial charge in [0.1, 0.15) is 33.5 Å². The zero-order valence-electron chi connectivity index (χ0n) is 34.2. The molecule has 4 heterocycles. The number of benzene rings is 10. The van der Waals surface area contributed by atoms with E-state index in [-0.39, 0.29) is 0 Å². The summed E-state index contributed by atoms with van der Waals surface area (Å²) in [7, 11) is 0. The minimum absolute atomic E-state index is 0.822. The lowest BCUT2D eigenvalue weighted by Gasteiger charge is -2.25. The Balaban J connectivity index is 0.912. The van der Waals surface area contributed by atoms with Crippen molar-refractivity contribution in [1.82, 2.24) is 0 Å². The molecule has 0 bridgehead atoms. The summed E-state index contributed by atoms with van der Waals surface area (Å²) in [6, 6.07) is 71.7. The van der Waals surface area contributed by atoms with Gasteiger partial charge in [-0.2, -0.15) is 0 Å². The van der Waals surface area contributed by atoms with E-state index in [1.54, 1.807) is 0 Å². The summed E-state index contributed by atoms with van der Waals surface area (Å²) >= 11 is 0. The molecule has 6 nitrogen and oxygen atoms in total. The lowest BCUT2D eigenvalue weighted by molar-refractivity contribution is 0.668. The van der Waals surface area contributed by atoms with E-state index < -0.39 is 0 Å². The summed E-state index contributed by atoms with van der Waals surface area (Å²) in [5, 5.41) is 10.6. The molecule has 64 heavy (non-hydrogen) atoms. The highest BCUT2D eigenvalue weighted by Gasteiger charge is 2.23. The predicted molar refractivity (Wildman–Crippen MR) is 262 cm³/mol. The van der Waals surface area contributed by atoms with Gasteiger partial charge >= 0.3 is 0 Å². The average molecular weight is 823 g/mol. The Kier molecular flexibility index (Phi) is 7.30.